The van der Waals surface area contributed by atoms with Crippen molar-refractivity contribution in [2.24, 2.45) is 17.7 Å². The van der Waals surface area contributed by atoms with E-state index >= 15 is 0 Å². The standard InChI is InChI=1S/C18H30N2/c1-3-5-15-8-12-17(13-9-15)18(20-19)16-10-6-14(4-2)7-11-16/h8-9,12-14,16,18,20H,3-7,10-11,19H2,1-2H3. The summed E-state index contributed by atoms with van der Waals surface area (Å²) >= 11 is 0. The lowest BCUT2D eigenvalue weighted by Gasteiger charge is -2.33. The van der Waals surface area contributed by atoms with Crippen molar-refractivity contribution in [1.82, 2.24) is 5.43 Å². The molecule has 0 radical (unpaired) electrons. The van der Waals surface area contributed by atoms with E-state index in [1.807, 2.05) is 0 Å². The van der Waals surface area contributed by atoms with Crippen LogP contribution in [0.4, 0.5) is 0 Å². The summed E-state index contributed by atoms with van der Waals surface area (Å²) in [6.07, 6.45) is 9.06. The van der Waals surface area contributed by atoms with E-state index < -0.39 is 0 Å². The molecule has 112 valence electrons. The van der Waals surface area contributed by atoms with Gasteiger partial charge in [-0.05, 0) is 42.2 Å². The molecular weight excluding hydrogens is 244 g/mol. The number of hydrazine groups is 1. The molecule has 20 heavy (non-hydrogen) atoms. The molecule has 0 heterocycles. The number of hydrogen-bond donors (Lipinski definition) is 2. The van der Waals surface area contributed by atoms with E-state index in [-0.39, 0.29) is 0 Å². The van der Waals surface area contributed by atoms with Gasteiger partial charge in [0.25, 0.3) is 0 Å². The Hall–Kier alpha value is -0.860. The van der Waals surface area contributed by atoms with Gasteiger partial charge < -0.3 is 0 Å². The fourth-order valence-electron chi connectivity index (χ4n) is 3.61. The first-order valence-electron chi connectivity index (χ1n) is 8.33. The van der Waals surface area contributed by atoms with E-state index in [0.29, 0.717) is 12.0 Å². The highest BCUT2D eigenvalue weighted by Crippen LogP contribution is 2.37. The Morgan fingerprint density at radius 3 is 2.25 bits per heavy atom. The van der Waals surface area contributed by atoms with Crippen LogP contribution in [0, 0.1) is 11.8 Å². The molecule has 1 aliphatic rings. The first-order chi connectivity index (χ1) is 9.78. The number of benzene rings is 1. The third-order valence-electron chi connectivity index (χ3n) is 5.00. The summed E-state index contributed by atoms with van der Waals surface area (Å²) in [7, 11) is 0. The Kier molecular flexibility index (Phi) is 6.06. The van der Waals surface area contributed by atoms with Crippen LogP contribution >= 0.6 is 0 Å². The second-order valence-corrected chi connectivity index (χ2v) is 6.32. The summed E-state index contributed by atoms with van der Waals surface area (Å²) in [6.45, 7) is 4.54. The summed E-state index contributed by atoms with van der Waals surface area (Å²) in [5, 5.41) is 0. The highest BCUT2D eigenvalue weighted by Gasteiger charge is 2.27. The highest BCUT2D eigenvalue weighted by atomic mass is 15.2. The molecule has 1 fully saturated rings. The molecule has 0 spiro atoms. The maximum atomic E-state index is 5.85. The normalized spacial score (nSPS) is 24.6. The van der Waals surface area contributed by atoms with Gasteiger partial charge >= 0.3 is 0 Å². The first kappa shape index (κ1) is 15.5. The highest BCUT2D eigenvalue weighted by molar-refractivity contribution is 5.25. The second-order valence-electron chi connectivity index (χ2n) is 6.32. The SMILES string of the molecule is CCCc1ccc(C(NN)C2CCC(CC)CC2)cc1. The van der Waals surface area contributed by atoms with Gasteiger partial charge in [-0.1, -0.05) is 63.8 Å². The first-order valence-corrected chi connectivity index (χ1v) is 8.33. The Morgan fingerprint density at radius 1 is 1.10 bits per heavy atom. The number of nitrogens with one attached hydrogen (secondary N) is 1. The Labute approximate surface area is 124 Å². The molecule has 1 unspecified atom stereocenters. The monoisotopic (exact) mass is 274 g/mol. The van der Waals surface area contributed by atoms with E-state index in [9.17, 15) is 0 Å². The van der Waals surface area contributed by atoms with Gasteiger partial charge in [0, 0.05) is 6.04 Å². The van der Waals surface area contributed by atoms with Gasteiger partial charge in [-0.2, -0.15) is 0 Å². The lowest BCUT2D eigenvalue weighted by Crippen LogP contribution is -2.35. The van der Waals surface area contributed by atoms with Gasteiger partial charge in [0.1, 0.15) is 0 Å². The van der Waals surface area contributed by atoms with Crippen molar-refractivity contribution in [3.8, 4) is 0 Å². The molecule has 1 atom stereocenters. The number of hydrogen-bond acceptors (Lipinski definition) is 2. The summed E-state index contributed by atoms with van der Waals surface area (Å²) in [5.74, 6) is 7.49. The van der Waals surface area contributed by atoms with Crippen LogP contribution in [0.15, 0.2) is 24.3 Å². The topological polar surface area (TPSA) is 38.0 Å². The van der Waals surface area contributed by atoms with E-state index in [4.69, 9.17) is 5.84 Å². The molecular formula is C18H30N2. The van der Waals surface area contributed by atoms with E-state index in [1.165, 1.54) is 56.1 Å². The third kappa shape index (κ3) is 3.83. The second kappa shape index (κ2) is 7.80. The van der Waals surface area contributed by atoms with Gasteiger partial charge in [-0.25, -0.2) is 0 Å². The Balaban J connectivity index is 2.00. The minimum atomic E-state index is 0.323. The molecule has 1 aromatic carbocycles. The fourth-order valence-corrected chi connectivity index (χ4v) is 3.61. The number of aryl methyl sites for hydroxylation is 1. The van der Waals surface area contributed by atoms with Crippen LogP contribution in [-0.2, 0) is 6.42 Å². The van der Waals surface area contributed by atoms with Crippen LogP contribution in [0.1, 0.15) is 69.5 Å². The maximum absolute atomic E-state index is 5.85. The average Bonchev–Trinajstić information content (AvgIpc) is 2.51. The molecule has 2 rings (SSSR count). The van der Waals surface area contributed by atoms with Crippen molar-refractivity contribution in [3.63, 3.8) is 0 Å². The zero-order valence-corrected chi connectivity index (χ0v) is 13.1. The maximum Gasteiger partial charge on any atom is 0.0488 e. The van der Waals surface area contributed by atoms with E-state index in [2.05, 4.69) is 43.5 Å². The molecule has 0 aliphatic heterocycles. The van der Waals surface area contributed by atoms with E-state index in [1.54, 1.807) is 0 Å². The Bertz CT molecular complexity index is 377. The summed E-state index contributed by atoms with van der Waals surface area (Å²) in [4.78, 5) is 0. The molecule has 1 saturated carbocycles. The van der Waals surface area contributed by atoms with Crippen LogP contribution < -0.4 is 11.3 Å². The van der Waals surface area contributed by atoms with Crippen molar-refractivity contribution < 1.29 is 0 Å². The van der Waals surface area contributed by atoms with Crippen molar-refractivity contribution in [3.05, 3.63) is 35.4 Å². The van der Waals surface area contributed by atoms with Crippen molar-refractivity contribution >= 4 is 0 Å². The largest absolute Gasteiger partial charge is 0.271 e. The molecule has 0 bridgehead atoms. The van der Waals surface area contributed by atoms with Gasteiger partial charge in [0.15, 0.2) is 0 Å². The Morgan fingerprint density at radius 2 is 1.75 bits per heavy atom. The van der Waals surface area contributed by atoms with E-state index in [0.717, 1.165) is 5.92 Å². The van der Waals surface area contributed by atoms with Crippen molar-refractivity contribution in [2.75, 3.05) is 0 Å². The zero-order valence-electron chi connectivity index (χ0n) is 13.1. The minimum absolute atomic E-state index is 0.323. The lowest BCUT2D eigenvalue weighted by atomic mass is 9.76. The molecule has 0 amide bonds. The molecule has 1 aliphatic carbocycles. The van der Waals surface area contributed by atoms with Gasteiger partial charge in [0.2, 0.25) is 0 Å². The predicted molar refractivity (Wildman–Crippen MR) is 86.2 cm³/mol. The molecule has 3 N–H and O–H groups in total. The summed E-state index contributed by atoms with van der Waals surface area (Å²) in [5.41, 5.74) is 5.86. The quantitative estimate of drug-likeness (QED) is 0.597. The molecule has 0 saturated heterocycles. The van der Waals surface area contributed by atoms with Crippen molar-refractivity contribution in [2.45, 2.75) is 64.8 Å². The molecule has 2 heteroatoms. The zero-order chi connectivity index (χ0) is 14.4. The third-order valence-corrected chi connectivity index (χ3v) is 5.00. The van der Waals surface area contributed by atoms with Gasteiger partial charge in [-0.15, -0.1) is 0 Å². The predicted octanol–water partition coefficient (Wildman–Crippen LogP) is 4.36. The smallest absolute Gasteiger partial charge is 0.0488 e. The molecule has 2 nitrogen and oxygen atoms in total. The minimum Gasteiger partial charge on any atom is -0.271 e. The van der Waals surface area contributed by atoms with Crippen LogP contribution in [0.3, 0.4) is 0 Å². The van der Waals surface area contributed by atoms with Crippen LogP contribution in [0.25, 0.3) is 0 Å². The van der Waals surface area contributed by atoms with Crippen LogP contribution in [0.5, 0.6) is 0 Å². The van der Waals surface area contributed by atoms with Gasteiger partial charge in [-0.3, -0.25) is 11.3 Å². The van der Waals surface area contributed by atoms with Crippen LogP contribution in [0.2, 0.25) is 0 Å². The number of rotatable bonds is 6. The van der Waals surface area contributed by atoms with Gasteiger partial charge in [0.05, 0.1) is 0 Å². The molecule has 0 aromatic heterocycles. The van der Waals surface area contributed by atoms with Crippen molar-refractivity contribution in [1.29, 1.82) is 0 Å². The number of nitrogens with two attached hydrogens (primary N) is 1. The van der Waals surface area contributed by atoms with Crippen LogP contribution in [-0.4, -0.2) is 0 Å². The average molecular weight is 274 g/mol. The molecule has 1 aromatic rings. The fraction of sp³-hybridized carbons (Fsp3) is 0.667. The summed E-state index contributed by atoms with van der Waals surface area (Å²) < 4.78 is 0. The lowest BCUT2D eigenvalue weighted by molar-refractivity contribution is 0.219. The summed E-state index contributed by atoms with van der Waals surface area (Å²) in [6, 6.07) is 9.38.